The van der Waals surface area contributed by atoms with E-state index >= 15 is 0 Å². The van der Waals surface area contributed by atoms with Gasteiger partial charge in [-0.05, 0) is 48.4 Å². The molecule has 0 spiro atoms. The second-order valence-electron chi connectivity index (χ2n) is 8.07. The molecular weight excluding hydrogens is 462 g/mol. The number of hydrogen-bond donors (Lipinski definition) is 1. The van der Waals surface area contributed by atoms with Crippen molar-refractivity contribution in [1.29, 1.82) is 0 Å². The number of pyridine rings is 1. The zero-order valence-corrected chi connectivity index (χ0v) is 19.6. The highest BCUT2D eigenvalue weighted by atomic mass is 32.1. The SMILES string of the molecule is Cc1cccc(COc2ccc(C(O)=C3C(=O)C(=O)N(c4nccs4)C3c3cccnc3)cc2)c1. The number of amides is 1. The Balaban J connectivity index is 1.47. The van der Waals surface area contributed by atoms with Gasteiger partial charge in [0.25, 0.3) is 5.78 Å². The monoisotopic (exact) mass is 483 g/mol. The van der Waals surface area contributed by atoms with Gasteiger partial charge in [-0.25, -0.2) is 4.98 Å². The summed E-state index contributed by atoms with van der Waals surface area (Å²) >= 11 is 1.24. The molecule has 174 valence electrons. The second kappa shape index (κ2) is 9.52. The van der Waals surface area contributed by atoms with E-state index < -0.39 is 17.7 Å². The maximum atomic E-state index is 13.1. The number of Topliss-reactive ketones (excluding diaryl/α,β-unsaturated/α-hetero) is 1. The molecule has 1 amide bonds. The van der Waals surface area contributed by atoms with E-state index in [1.54, 1.807) is 60.4 Å². The molecule has 1 unspecified atom stereocenters. The molecule has 7 nitrogen and oxygen atoms in total. The minimum absolute atomic E-state index is 0.00775. The number of rotatable bonds is 6. The van der Waals surface area contributed by atoms with Crippen LogP contribution in [-0.4, -0.2) is 26.8 Å². The number of aliphatic hydroxyl groups is 1. The maximum Gasteiger partial charge on any atom is 0.301 e. The Morgan fingerprint density at radius 2 is 1.91 bits per heavy atom. The fourth-order valence-electron chi connectivity index (χ4n) is 4.05. The first-order chi connectivity index (χ1) is 17.0. The van der Waals surface area contributed by atoms with Gasteiger partial charge in [0.1, 0.15) is 18.1 Å². The van der Waals surface area contributed by atoms with Crippen molar-refractivity contribution in [1.82, 2.24) is 9.97 Å². The van der Waals surface area contributed by atoms with Crippen molar-refractivity contribution < 1.29 is 19.4 Å². The standard InChI is InChI=1S/C27H21N3O4S/c1-17-4-2-5-18(14-17)16-34-21-9-7-19(8-10-21)24(31)22-23(20-6-3-11-28-15-20)30(26(33)25(22)32)27-29-12-13-35-27/h2-15,23,31H,16H2,1H3. The highest BCUT2D eigenvalue weighted by Crippen LogP contribution is 2.42. The van der Waals surface area contributed by atoms with E-state index in [9.17, 15) is 14.7 Å². The van der Waals surface area contributed by atoms with Crippen molar-refractivity contribution in [2.24, 2.45) is 0 Å². The van der Waals surface area contributed by atoms with Gasteiger partial charge in [-0.1, -0.05) is 35.9 Å². The molecule has 1 aliphatic rings. The number of anilines is 1. The van der Waals surface area contributed by atoms with Gasteiger partial charge in [0.15, 0.2) is 5.13 Å². The van der Waals surface area contributed by atoms with Gasteiger partial charge in [-0.2, -0.15) is 0 Å². The molecular formula is C27H21N3O4S. The van der Waals surface area contributed by atoms with Gasteiger partial charge in [0.2, 0.25) is 0 Å². The fourth-order valence-corrected chi connectivity index (χ4v) is 4.72. The van der Waals surface area contributed by atoms with Gasteiger partial charge in [-0.15, -0.1) is 11.3 Å². The van der Waals surface area contributed by atoms with Crippen LogP contribution in [0, 0.1) is 6.92 Å². The Hall–Kier alpha value is -4.30. The lowest BCUT2D eigenvalue weighted by atomic mass is 9.96. The smallest absolute Gasteiger partial charge is 0.301 e. The molecule has 1 aliphatic heterocycles. The molecule has 8 heteroatoms. The molecule has 1 atom stereocenters. The summed E-state index contributed by atoms with van der Waals surface area (Å²) < 4.78 is 5.86. The number of thiazole rings is 1. The Morgan fingerprint density at radius 1 is 1.09 bits per heavy atom. The summed E-state index contributed by atoms with van der Waals surface area (Å²) in [5.41, 5.74) is 3.20. The van der Waals surface area contributed by atoms with Crippen molar-refractivity contribution in [3.8, 4) is 5.75 Å². The van der Waals surface area contributed by atoms with Crippen LogP contribution in [-0.2, 0) is 16.2 Å². The number of aryl methyl sites for hydroxylation is 1. The van der Waals surface area contributed by atoms with E-state index in [1.165, 1.54) is 16.2 Å². The molecule has 1 saturated heterocycles. The first-order valence-corrected chi connectivity index (χ1v) is 11.8. The van der Waals surface area contributed by atoms with Crippen molar-refractivity contribution >= 4 is 33.9 Å². The Labute approximate surface area is 206 Å². The summed E-state index contributed by atoms with van der Waals surface area (Å²) in [6.07, 6.45) is 4.75. The molecule has 0 aliphatic carbocycles. The van der Waals surface area contributed by atoms with Crippen LogP contribution < -0.4 is 9.64 Å². The van der Waals surface area contributed by atoms with Crippen molar-refractivity contribution in [2.45, 2.75) is 19.6 Å². The zero-order chi connectivity index (χ0) is 24.4. The predicted molar refractivity (Wildman–Crippen MR) is 133 cm³/mol. The molecule has 1 fully saturated rings. The molecule has 0 radical (unpaired) electrons. The van der Waals surface area contributed by atoms with Crippen molar-refractivity contribution in [2.75, 3.05) is 4.90 Å². The van der Waals surface area contributed by atoms with Crippen LogP contribution in [0.4, 0.5) is 5.13 Å². The summed E-state index contributed by atoms with van der Waals surface area (Å²) in [4.78, 5) is 35.7. The molecule has 2 aromatic heterocycles. The van der Waals surface area contributed by atoms with E-state index in [-0.39, 0.29) is 11.3 Å². The lowest BCUT2D eigenvalue weighted by Gasteiger charge is -2.22. The third-order valence-corrected chi connectivity index (χ3v) is 6.46. The van der Waals surface area contributed by atoms with Gasteiger partial charge in [0, 0.05) is 29.5 Å². The molecule has 0 saturated carbocycles. The minimum atomic E-state index is -0.841. The largest absolute Gasteiger partial charge is 0.507 e. The van der Waals surface area contributed by atoms with E-state index in [2.05, 4.69) is 16.0 Å². The molecule has 1 N–H and O–H groups in total. The number of hydrogen-bond acceptors (Lipinski definition) is 7. The van der Waals surface area contributed by atoms with E-state index in [1.807, 2.05) is 25.1 Å². The zero-order valence-electron chi connectivity index (χ0n) is 18.8. The van der Waals surface area contributed by atoms with Gasteiger partial charge in [-0.3, -0.25) is 19.5 Å². The van der Waals surface area contributed by atoms with Crippen LogP contribution in [0.5, 0.6) is 5.75 Å². The van der Waals surface area contributed by atoms with Crippen LogP contribution in [0.3, 0.4) is 0 Å². The third kappa shape index (κ3) is 4.43. The Morgan fingerprint density at radius 3 is 2.60 bits per heavy atom. The number of carbonyl (C=O) groups is 2. The van der Waals surface area contributed by atoms with E-state index in [0.717, 1.165) is 11.1 Å². The molecule has 0 bridgehead atoms. The second-order valence-corrected chi connectivity index (χ2v) is 8.95. The van der Waals surface area contributed by atoms with Crippen LogP contribution in [0.25, 0.3) is 5.76 Å². The number of ether oxygens (including phenoxy) is 1. The highest BCUT2D eigenvalue weighted by molar-refractivity contribution is 7.14. The summed E-state index contributed by atoms with van der Waals surface area (Å²) in [5.74, 6) is -1.16. The first kappa shape index (κ1) is 22.5. The normalized spacial score (nSPS) is 17.1. The average molecular weight is 484 g/mol. The Kier molecular flexibility index (Phi) is 6.12. The number of nitrogens with zero attached hydrogens (tertiary/aromatic N) is 3. The number of benzene rings is 2. The molecule has 35 heavy (non-hydrogen) atoms. The summed E-state index contributed by atoms with van der Waals surface area (Å²) in [6, 6.07) is 17.5. The van der Waals surface area contributed by atoms with Crippen molar-refractivity contribution in [3.63, 3.8) is 0 Å². The van der Waals surface area contributed by atoms with Crippen LogP contribution >= 0.6 is 11.3 Å². The van der Waals surface area contributed by atoms with Crippen LogP contribution in [0.2, 0.25) is 0 Å². The molecule has 4 aromatic rings. The predicted octanol–water partition coefficient (Wildman–Crippen LogP) is 5.05. The van der Waals surface area contributed by atoms with Crippen LogP contribution in [0.1, 0.15) is 28.3 Å². The quantitative estimate of drug-likeness (QED) is 0.234. The number of aromatic nitrogens is 2. The Bertz CT molecular complexity index is 1400. The van der Waals surface area contributed by atoms with Gasteiger partial charge in [0.05, 0.1) is 11.6 Å². The summed E-state index contributed by atoms with van der Waals surface area (Å²) in [7, 11) is 0. The van der Waals surface area contributed by atoms with E-state index in [4.69, 9.17) is 4.74 Å². The van der Waals surface area contributed by atoms with Gasteiger partial charge >= 0.3 is 5.91 Å². The fraction of sp³-hybridized carbons (Fsp3) is 0.111. The molecule has 5 rings (SSSR count). The lowest BCUT2D eigenvalue weighted by molar-refractivity contribution is -0.132. The van der Waals surface area contributed by atoms with Crippen LogP contribution in [0.15, 0.2) is 90.2 Å². The first-order valence-electron chi connectivity index (χ1n) is 10.9. The number of carbonyl (C=O) groups excluding carboxylic acids is 2. The summed E-state index contributed by atoms with van der Waals surface area (Å²) in [5, 5.41) is 13.3. The third-order valence-electron chi connectivity index (χ3n) is 5.69. The lowest BCUT2D eigenvalue weighted by Crippen LogP contribution is -2.29. The molecule has 3 heterocycles. The number of ketones is 1. The number of aliphatic hydroxyl groups excluding tert-OH is 1. The maximum absolute atomic E-state index is 13.1. The minimum Gasteiger partial charge on any atom is -0.507 e. The average Bonchev–Trinajstić information content (AvgIpc) is 3.50. The van der Waals surface area contributed by atoms with Crippen molar-refractivity contribution in [3.05, 3.63) is 112 Å². The highest BCUT2D eigenvalue weighted by Gasteiger charge is 2.48. The molecule has 2 aromatic carbocycles. The van der Waals surface area contributed by atoms with Gasteiger partial charge < -0.3 is 9.84 Å². The van der Waals surface area contributed by atoms with E-state index in [0.29, 0.717) is 28.6 Å². The summed E-state index contributed by atoms with van der Waals surface area (Å²) in [6.45, 7) is 2.44. The topological polar surface area (TPSA) is 92.6 Å².